The Labute approximate surface area is 114 Å². The van der Waals surface area contributed by atoms with Crippen molar-refractivity contribution in [2.45, 2.75) is 20.0 Å². The summed E-state index contributed by atoms with van der Waals surface area (Å²) in [6, 6.07) is 5.81. The lowest BCUT2D eigenvalue weighted by atomic mass is 10.2. The Balaban J connectivity index is 2.13. The molecule has 0 radical (unpaired) electrons. The van der Waals surface area contributed by atoms with E-state index in [2.05, 4.69) is 31.2 Å². The molecule has 2 aromatic rings. The van der Waals surface area contributed by atoms with Crippen molar-refractivity contribution >= 4 is 22.1 Å². The molecule has 0 saturated heterocycles. The van der Waals surface area contributed by atoms with Crippen molar-refractivity contribution in [3.63, 3.8) is 0 Å². The van der Waals surface area contributed by atoms with Crippen molar-refractivity contribution in [3.05, 3.63) is 40.9 Å². The van der Waals surface area contributed by atoms with Crippen LogP contribution >= 0.6 is 15.9 Å². The van der Waals surface area contributed by atoms with Crippen molar-refractivity contribution in [2.24, 2.45) is 5.10 Å². The van der Waals surface area contributed by atoms with Crippen molar-refractivity contribution < 1.29 is 4.74 Å². The molecular formula is C12H13BrN4O. The average molecular weight is 309 g/mol. The van der Waals surface area contributed by atoms with Gasteiger partial charge in [0.1, 0.15) is 18.4 Å². The zero-order valence-corrected chi connectivity index (χ0v) is 11.7. The standard InChI is InChI=1S/C12H13BrN4O/c1-9(2)18-12-4-3-10(5-11(12)13)6-16-17-7-14-15-8-17/h3-9H,1-2H3/b16-6-. The van der Waals surface area contributed by atoms with Crippen molar-refractivity contribution in [1.82, 2.24) is 14.9 Å². The Morgan fingerprint density at radius 3 is 2.67 bits per heavy atom. The summed E-state index contributed by atoms with van der Waals surface area (Å²) < 4.78 is 8.07. The van der Waals surface area contributed by atoms with Crippen molar-refractivity contribution in [2.75, 3.05) is 0 Å². The molecule has 2 rings (SSSR count). The first kappa shape index (κ1) is 12.8. The summed E-state index contributed by atoms with van der Waals surface area (Å²) in [5.41, 5.74) is 0.965. The van der Waals surface area contributed by atoms with Gasteiger partial charge in [0.15, 0.2) is 0 Å². The number of nitrogens with zero attached hydrogens (tertiary/aromatic N) is 4. The van der Waals surface area contributed by atoms with Crippen LogP contribution in [0.1, 0.15) is 19.4 Å². The third-order valence-electron chi connectivity index (χ3n) is 2.07. The smallest absolute Gasteiger partial charge is 0.141 e. The number of rotatable bonds is 4. The van der Waals surface area contributed by atoms with E-state index in [1.54, 1.807) is 6.21 Å². The van der Waals surface area contributed by atoms with Crippen LogP contribution in [0.4, 0.5) is 0 Å². The molecule has 5 nitrogen and oxygen atoms in total. The minimum atomic E-state index is 0.151. The fourth-order valence-corrected chi connectivity index (χ4v) is 1.83. The second-order valence-electron chi connectivity index (χ2n) is 3.94. The van der Waals surface area contributed by atoms with Gasteiger partial charge in [-0.05, 0) is 53.5 Å². The molecule has 18 heavy (non-hydrogen) atoms. The van der Waals surface area contributed by atoms with Gasteiger partial charge in [-0.3, -0.25) is 0 Å². The van der Waals surface area contributed by atoms with E-state index in [1.165, 1.54) is 17.3 Å². The highest BCUT2D eigenvalue weighted by atomic mass is 79.9. The quantitative estimate of drug-likeness (QED) is 0.816. The highest BCUT2D eigenvalue weighted by Crippen LogP contribution is 2.26. The maximum Gasteiger partial charge on any atom is 0.141 e. The topological polar surface area (TPSA) is 52.3 Å². The lowest BCUT2D eigenvalue weighted by molar-refractivity contribution is 0.241. The first-order chi connectivity index (χ1) is 8.65. The van der Waals surface area contributed by atoms with Crippen LogP contribution in [0.5, 0.6) is 5.75 Å². The highest BCUT2D eigenvalue weighted by molar-refractivity contribution is 9.10. The van der Waals surface area contributed by atoms with Crippen LogP contribution in [0.2, 0.25) is 0 Å². The molecule has 1 aromatic carbocycles. The molecule has 0 unspecified atom stereocenters. The molecule has 94 valence electrons. The van der Waals surface area contributed by atoms with Gasteiger partial charge in [0.05, 0.1) is 16.8 Å². The second-order valence-corrected chi connectivity index (χ2v) is 4.80. The first-order valence-electron chi connectivity index (χ1n) is 5.50. The van der Waals surface area contributed by atoms with Gasteiger partial charge in [0, 0.05) is 0 Å². The van der Waals surface area contributed by atoms with Crippen LogP contribution in [0.25, 0.3) is 0 Å². The molecule has 0 N–H and O–H groups in total. The van der Waals surface area contributed by atoms with E-state index >= 15 is 0 Å². The third-order valence-corrected chi connectivity index (χ3v) is 2.69. The zero-order chi connectivity index (χ0) is 13.0. The minimum Gasteiger partial charge on any atom is -0.490 e. The number of halogens is 1. The molecule has 1 heterocycles. The summed E-state index contributed by atoms with van der Waals surface area (Å²) in [7, 11) is 0. The summed E-state index contributed by atoms with van der Waals surface area (Å²) in [4.78, 5) is 0. The largest absolute Gasteiger partial charge is 0.490 e. The average Bonchev–Trinajstić information content (AvgIpc) is 2.82. The van der Waals surface area contributed by atoms with E-state index in [-0.39, 0.29) is 6.10 Å². The van der Waals surface area contributed by atoms with Gasteiger partial charge in [0.2, 0.25) is 0 Å². The van der Waals surface area contributed by atoms with Gasteiger partial charge in [-0.2, -0.15) is 5.10 Å². The molecule has 0 saturated carbocycles. The molecule has 0 amide bonds. The van der Waals surface area contributed by atoms with E-state index < -0.39 is 0 Å². The van der Waals surface area contributed by atoms with Gasteiger partial charge in [-0.1, -0.05) is 0 Å². The predicted molar refractivity (Wildman–Crippen MR) is 72.9 cm³/mol. The van der Waals surface area contributed by atoms with Crippen LogP contribution in [0.15, 0.2) is 40.4 Å². The first-order valence-corrected chi connectivity index (χ1v) is 6.29. The molecule has 0 spiro atoms. The summed E-state index contributed by atoms with van der Waals surface area (Å²) in [6.07, 6.45) is 4.94. The zero-order valence-electron chi connectivity index (χ0n) is 10.1. The lowest BCUT2D eigenvalue weighted by Gasteiger charge is -2.11. The molecule has 6 heteroatoms. The minimum absolute atomic E-state index is 0.151. The van der Waals surface area contributed by atoms with Crippen molar-refractivity contribution in [1.29, 1.82) is 0 Å². The lowest BCUT2D eigenvalue weighted by Crippen LogP contribution is -2.06. The van der Waals surface area contributed by atoms with Gasteiger partial charge >= 0.3 is 0 Å². The van der Waals surface area contributed by atoms with E-state index in [1.807, 2.05) is 32.0 Å². The molecular weight excluding hydrogens is 296 g/mol. The fraction of sp³-hybridized carbons (Fsp3) is 0.250. The Bertz CT molecular complexity index is 537. The molecule has 1 aromatic heterocycles. The number of benzene rings is 1. The summed E-state index contributed by atoms with van der Waals surface area (Å²) in [5, 5.41) is 11.5. The summed E-state index contributed by atoms with van der Waals surface area (Å²) in [5.74, 6) is 0.825. The Morgan fingerprint density at radius 2 is 2.06 bits per heavy atom. The van der Waals surface area contributed by atoms with Crippen LogP contribution in [-0.4, -0.2) is 27.2 Å². The van der Waals surface area contributed by atoms with E-state index in [0.717, 1.165) is 15.8 Å². The molecule has 0 aliphatic heterocycles. The monoisotopic (exact) mass is 308 g/mol. The maximum atomic E-state index is 5.63. The SMILES string of the molecule is CC(C)Oc1ccc(/C=N\n2cnnc2)cc1Br. The van der Waals surface area contributed by atoms with E-state index in [4.69, 9.17) is 4.74 Å². The number of ether oxygens (including phenoxy) is 1. The molecule has 0 aliphatic carbocycles. The Kier molecular flexibility index (Phi) is 4.09. The Morgan fingerprint density at radius 1 is 1.33 bits per heavy atom. The van der Waals surface area contributed by atoms with E-state index in [0.29, 0.717) is 0 Å². The summed E-state index contributed by atoms with van der Waals surface area (Å²) in [6.45, 7) is 3.99. The van der Waals surface area contributed by atoms with Crippen LogP contribution in [0.3, 0.4) is 0 Å². The number of hydrogen-bond acceptors (Lipinski definition) is 4. The maximum absolute atomic E-state index is 5.63. The van der Waals surface area contributed by atoms with Gasteiger partial charge < -0.3 is 4.74 Å². The van der Waals surface area contributed by atoms with Crippen molar-refractivity contribution in [3.8, 4) is 5.75 Å². The normalized spacial score (nSPS) is 11.3. The van der Waals surface area contributed by atoms with Gasteiger partial charge in [0.25, 0.3) is 0 Å². The molecule has 0 atom stereocenters. The van der Waals surface area contributed by atoms with Crippen LogP contribution in [-0.2, 0) is 0 Å². The summed E-state index contributed by atoms with van der Waals surface area (Å²) >= 11 is 3.48. The molecule has 0 bridgehead atoms. The molecule has 0 fully saturated rings. The number of aromatic nitrogens is 3. The van der Waals surface area contributed by atoms with Gasteiger partial charge in [-0.15, -0.1) is 10.2 Å². The van der Waals surface area contributed by atoms with Gasteiger partial charge in [-0.25, -0.2) is 4.68 Å². The predicted octanol–water partition coefficient (Wildman–Crippen LogP) is 2.71. The van der Waals surface area contributed by atoms with Crippen LogP contribution < -0.4 is 4.74 Å². The van der Waals surface area contributed by atoms with E-state index in [9.17, 15) is 0 Å². The fourth-order valence-electron chi connectivity index (χ4n) is 1.34. The number of hydrogen-bond donors (Lipinski definition) is 0. The second kappa shape index (κ2) is 5.77. The Hall–Kier alpha value is -1.69. The van der Waals surface area contributed by atoms with Crippen LogP contribution in [0, 0.1) is 0 Å². The molecule has 0 aliphatic rings. The third kappa shape index (κ3) is 3.40. The highest BCUT2D eigenvalue weighted by Gasteiger charge is 2.03.